The van der Waals surface area contributed by atoms with Crippen LogP contribution in [0.2, 0.25) is 0 Å². The fourth-order valence-electron chi connectivity index (χ4n) is 1.84. The molecule has 1 aromatic heterocycles. The highest BCUT2D eigenvalue weighted by Crippen LogP contribution is 2.21. The first-order valence-corrected chi connectivity index (χ1v) is 4.84. The molecule has 1 aromatic rings. The van der Waals surface area contributed by atoms with Gasteiger partial charge in [-0.15, -0.1) is 0 Å². The lowest BCUT2D eigenvalue weighted by molar-refractivity contribution is 0.0674. The number of aliphatic hydroxyl groups is 1. The van der Waals surface area contributed by atoms with Crippen molar-refractivity contribution in [2.45, 2.75) is 25.5 Å². The highest BCUT2D eigenvalue weighted by atomic mass is 16.3. The Morgan fingerprint density at radius 3 is 2.93 bits per heavy atom. The van der Waals surface area contributed by atoms with E-state index >= 15 is 0 Å². The first-order chi connectivity index (χ1) is 6.57. The van der Waals surface area contributed by atoms with Crippen molar-refractivity contribution in [3.05, 3.63) is 12.2 Å². The maximum absolute atomic E-state index is 9.78. The van der Waals surface area contributed by atoms with E-state index in [0.717, 1.165) is 31.9 Å². The van der Waals surface area contributed by atoms with Crippen LogP contribution in [0.1, 0.15) is 19.2 Å². The van der Waals surface area contributed by atoms with E-state index < -0.39 is 5.60 Å². The smallest absolute Gasteiger partial charge is 0.140 e. The molecule has 2 heterocycles. The standard InChI is InChI=1S/C9H16N4O/c1-9(14)3-4-13(6-9)5-8-10-7-11-12(8)2/h7,14H,3-6H2,1-2H3. The zero-order valence-corrected chi connectivity index (χ0v) is 8.64. The van der Waals surface area contributed by atoms with Gasteiger partial charge in [-0.3, -0.25) is 9.58 Å². The second-order valence-electron chi connectivity index (χ2n) is 4.26. The topological polar surface area (TPSA) is 54.2 Å². The van der Waals surface area contributed by atoms with Gasteiger partial charge in [0.05, 0.1) is 12.1 Å². The number of rotatable bonds is 2. The van der Waals surface area contributed by atoms with E-state index in [1.807, 2.05) is 14.0 Å². The van der Waals surface area contributed by atoms with Gasteiger partial charge in [0.1, 0.15) is 12.2 Å². The maximum atomic E-state index is 9.78. The van der Waals surface area contributed by atoms with Crippen LogP contribution >= 0.6 is 0 Å². The fourth-order valence-corrected chi connectivity index (χ4v) is 1.84. The van der Waals surface area contributed by atoms with Crippen molar-refractivity contribution in [2.75, 3.05) is 13.1 Å². The zero-order chi connectivity index (χ0) is 10.2. The minimum atomic E-state index is -0.529. The molecule has 0 saturated carbocycles. The van der Waals surface area contributed by atoms with E-state index in [2.05, 4.69) is 15.0 Å². The van der Waals surface area contributed by atoms with E-state index in [-0.39, 0.29) is 0 Å². The summed E-state index contributed by atoms with van der Waals surface area (Å²) in [6.45, 7) is 4.30. The molecule has 1 atom stereocenters. The normalized spacial score (nSPS) is 28.5. The third-order valence-corrected chi connectivity index (χ3v) is 2.70. The average molecular weight is 196 g/mol. The van der Waals surface area contributed by atoms with E-state index in [9.17, 15) is 5.11 Å². The summed E-state index contributed by atoms with van der Waals surface area (Å²) in [6.07, 6.45) is 2.40. The monoisotopic (exact) mass is 196 g/mol. The average Bonchev–Trinajstić information content (AvgIpc) is 2.61. The number of hydrogen-bond acceptors (Lipinski definition) is 4. The SMILES string of the molecule is Cn1ncnc1CN1CCC(C)(O)C1. The van der Waals surface area contributed by atoms with Crippen LogP contribution in [0.3, 0.4) is 0 Å². The van der Waals surface area contributed by atoms with Crippen molar-refractivity contribution in [1.29, 1.82) is 0 Å². The first-order valence-electron chi connectivity index (χ1n) is 4.84. The molecule has 0 radical (unpaired) electrons. The van der Waals surface area contributed by atoms with Gasteiger partial charge in [-0.25, -0.2) is 4.98 Å². The van der Waals surface area contributed by atoms with Gasteiger partial charge < -0.3 is 5.11 Å². The molecule has 0 bridgehead atoms. The van der Waals surface area contributed by atoms with Gasteiger partial charge in [-0.2, -0.15) is 5.10 Å². The number of likely N-dealkylation sites (tertiary alicyclic amines) is 1. The number of β-amino-alcohol motifs (C(OH)–C–C–N with tert-alkyl or cyclic N) is 1. The quantitative estimate of drug-likeness (QED) is 0.710. The van der Waals surface area contributed by atoms with Gasteiger partial charge >= 0.3 is 0 Å². The zero-order valence-electron chi connectivity index (χ0n) is 8.64. The summed E-state index contributed by atoms with van der Waals surface area (Å²) in [4.78, 5) is 6.35. The predicted octanol–water partition coefficient (Wildman–Crippen LogP) is -0.228. The Hall–Kier alpha value is -0.940. The summed E-state index contributed by atoms with van der Waals surface area (Å²) in [7, 11) is 1.89. The lowest BCUT2D eigenvalue weighted by Crippen LogP contribution is -2.30. The first kappa shape index (κ1) is 9.61. The molecule has 1 aliphatic rings. The third kappa shape index (κ3) is 1.93. The second kappa shape index (κ2) is 3.33. The summed E-state index contributed by atoms with van der Waals surface area (Å²) in [5.74, 6) is 0.947. The van der Waals surface area contributed by atoms with Gasteiger partial charge in [0.15, 0.2) is 0 Å². The van der Waals surface area contributed by atoms with Crippen LogP contribution in [0, 0.1) is 0 Å². The Morgan fingerprint density at radius 2 is 2.43 bits per heavy atom. The largest absolute Gasteiger partial charge is 0.389 e. The Morgan fingerprint density at radius 1 is 1.64 bits per heavy atom. The van der Waals surface area contributed by atoms with Crippen LogP contribution < -0.4 is 0 Å². The molecule has 0 spiro atoms. The molecule has 5 nitrogen and oxygen atoms in total. The highest BCUT2D eigenvalue weighted by Gasteiger charge is 2.31. The van der Waals surface area contributed by atoms with Gasteiger partial charge in [0.2, 0.25) is 0 Å². The van der Waals surface area contributed by atoms with Gasteiger partial charge in [0, 0.05) is 20.1 Å². The minimum absolute atomic E-state index is 0.529. The summed E-state index contributed by atoms with van der Waals surface area (Å²) in [6, 6.07) is 0. The minimum Gasteiger partial charge on any atom is -0.389 e. The molecule has 1 unspecified atom stereocenters. The van der Waals surface area contributed by atoms with Gasteiger partial charge in [-0.1, -0.05) is 0 Å². The van der Waals surface area contributed by atoms with E-state index in [4.69, 9.17) is 0 Å². The van der Waals surface area contributed by atoms with Crippen molar-refractivity contribution >= 4 is 0 Å². The molecular weight excluding hydrogens is 180 g/mol. The Bertz CT molecular complexity index is 320. The molecule has 1 fully saturated rings. The highest BCUT2D eigenvalue weighted by molar-refractivity contribution is 4.90. The second-order valence-corrected chi connectivity index (χ2v) is 4.26. The van der Waals surface area contributed by atoms with Crippen LogP contribution in [0.15, 0.2) is 6.33 Å². The van der Waals surface area contributed by atoms with E-state index in [0.29, 0.717) is 0 Å². The van der Waals surface area contributed by atoms with Crippen LogP contribution in [-0.4, -0.2) is 43.5 Å². The van der Waals surface area contributed by atoms with Crippen molar-refractivity contribution in [3.8, 4) is 0 Å². The van der Waals surface area contributed by atoms with Crippen molar-refractivity contribution < 1.29 is 5.11 Å². The Balaban J connectivity index is 1.97. The molecule has 1 saturated heterocycles. The van der Waals surface area contributed by atoms with Crippen LogP contribution in [0.4, 0.5) is 0 Å². The Labute approximate surface area is 83.4 Å². The van der Waals surface area contributed by atoms with Crippen LogP contribution in [0.5, 0.6) is 0 Å². The lowest BCUT2D eigenvalue weighted by Gasteiger charge is -2.17. The molecular formula is C9H16N4O. The number of aryl methyl sites for hydroxylation is 1. The molecule has 0 aliphatic carbocycles. The molecule has 0 aromatic carbocycles. The lowest BCUT2D eigenvalue weighted by atomic mass is 10.1. The number of hydrogen-bond donors (Lipinski definition) is 1. The maximum Gasteiger partial charge on any atom is 0.140 e. The number of nitrogens with zero attached hydrogens (tertiary/aromatic N) is 4. The Kier molecular flexibility index (Phi) is 2.28. The summed E-state index contributed by atoms with van der Waals surface area (Å²) in [5.41, 5.74) is -0.529. The fraction of sp³-hybridized carbons (Fsp3) is 0.778. The molecule has 1 aliphatic heterocycles. The molecule has 0 amide bonds. The van der Waals surface area contributed by atoms with Crippen LogP contribution in [-0.2, 0) is 13.6 Å². The molecule has 2 rings (SSSR count). The molecule has 14 heavy (non-hydrogen) atoms. The van der Waals surface area contributed by atoms with Crippen molar-refractivity contribution in [2.24, 2.45) is 7.05 Å². The summed E-state index contributed by atoms with van der Waals surface area (Å²) >= 11 is 0. The van der Waals surface area contributed by atoms with Gasteiger partial charge in [-0.05, 0) is 13.3 Å². The van der Waals surface area contributed by atoms with Crippen molar-refractivity contribution in [1.82, 2.24) is 19.7 Å². The van der Waals surface area contributed by atoms with Crippen molar-refractivity contribution in [3.63, 3.8) is 0 Å². The van der Waals surface area contributed by atoms with Crippen LogP contribution in [0.25, 0.3) is 0 Å². The van der Waals surface area contributed by atoms with Gasteiger partial charge in [0.25, 0.3) is 0 Å². The molecule has 5 heteroatoms. The number of aromatic nitrogens is 3. The third-order valence-electron chi connectivity index (χ3n) is 2.70. The molecule has 78 valence electrons. The summed E-state index contributed by atoms with van der Waals surface area (Å²) < 4.78 is 1.77. The van der Waals surface area contributed by atoms with E-state index in [1.54, 1.807) is 11.0 Å². The molecule has 1 N–H and O–H groups in total. The predicted molar refractivity (Wildman–Crippen MR) is 51.5 cm³/mol. The summed E-state index contributed by atoms with van der Waals surface area (Å²) in [5, 5.41) is 13.8. The van der Waals surface area contributed by atoms with E-state index in [1.165, 1.54) is 0 Å².